The van der Waals surface area contributed by atoms with Crippen molar-refractivity contribution < 1.29 is 58.5 Å². The van der Waals surface area contributed by atoms with Gasteiger partial charge in [-0.3, -0.25) is 0 Å². The molecule has 0 heterocycles. The number of ether oxygens (including phenoxy) is 2. The first-order chi connectivity index (χ1) is 14.4. The number of carbonyl (C=O) groups excluding carboxylic acids is 3. The Morgan fingerprint density at radius 2 is 1.13 bits per heavy atom. The Hall–Kier alpha value is -1.11. The summed E-state index contributed by atoms with van der Waals surface area (Å²) >= 11 is 0. The molecule has 2 unspecified atom stereocenters. The van der Waals surface area contributed by atoms with Crippen LogP contribution in [0.25, 0.3) is 0 Å². The van der Waals surface area contributed by atoms with Crippen LogP contribution in [0.4, 0.5) is 0 Å². The van der Waals surface area contributed by atoms with Crippen LogP contribution in [0.2, 0.25) is 0 Å². The molecular weight excluding hydrogens is 407 g/mol. The number of carboxylic acids is 1. The molecular formula is C24H39NaO6. The van der Waals surface area contributed by atoms with Crippen LogP contribution >= 0.6 is 0 Å². The fourth-order valence-corrected chi connectivity index (χ4v) is 3.31. The van der Waals surface area contributed by atoms with E-state index in [-0.39, 0.29) is 36.0 Å². The van der Waals surface area contributed by atoms with Gasteiger partial charge in [0.2, 0.25) is 0 Å². The van der Waals surface area contributed by atoms with Crippen molar-refractivity contribution in [3.05, 3.63) is 25.3 Å². The van der Waals surface area contributed by atoms with Crippen molar-refractivity contribution in [2.24, 2.45) is 0 Å². The Balaban J connectivity index is 0. The minimum atomic E-state index is -1.02. The molecule has 0 amide bonds. The molecule has 0 rings (SSSR count). The van der Waals surface area contributed by atoms with Gasteiger partial charge in [0.1, 0.15) is 12.2 Å². The van der Waals surface area contributed by atoms with Crippen LogP contribution in [0.3, 0.4) is 0 Å². The van der Waals surface area contributed by atoms with Gasteiger partial charge in [0.25, 0.3) is 0 Å². The summed E-state index contributed by atoms with van der Waals surface area (Å²) in [6.45, 7) is 9.07. The van der Waals surface area contributed by atoms with Crippen LogP contribution < -0.4 is 34.7 Å². The summed E-state index contributed by atoms with van der Waals surface area (Å²) in [6.07, 6.45) is 13.2. The van der Waals surface area contributed by atoms with Crippen LogP contribution in [0, 0.1) is 0 Å². The molecule has 0 N–H and O–H groups in total. The fourth-order valence-electron chi connectivity index (χ4n) is 3.31. The van der Waals surface area contributed by atoms with E-state index in [4.69, 9.17) is 9.47 Å². The monoisotopic (exact) mass is 446 g/mol. The molecule has 0 aliphatic carbocycles. The number of carboxylic acid groups (broad SMARTS) is 1. The molecule has 31 heavy (non-hydrogen) atoms. The largest absolute Gasteiger partial charge is 1.00 e. The van der Waals surface area contributed by atoms with Gasteiger partial charge in [0.05, 0.1) is 0 Å². The molecule has 0 aromatic heterocycles. The average molecular weight is 447 g/mol. The Morgan fingerprint density at radius 3 is 1.52 bits per heavy atom. The second-order valence-electron chi connectivity index (χ2n) is 7.59. The Bertz CT molecular complexity index is 520. The summed E-state index contributed by atoms with van der Waals surface area (Å²) in [5.41, 5.74) is 0. The fraction of sp³-hybridized carbons (Fsp3) is 0.708. The Labute approximate surface area is 210 Å². The van der Waals surface area contributed by atoms with Gasteiger partial charge in [-0.15, -0.1) is 0 Å². The summed E-state index contributed by atoms with van der Waals surface area (Å²) < 4.78 is 11.0. The summed E-state index contributed by atoms with van der Waals surface area (Å²) in [6, 6.07) is 0. The first kappa shape index (κ1) is 32.1. The molecule has 0 aliphatic heterocycles. The van der Waals surface area contributed by atoms with E-state index in [1.165, 1.54) is 19.3 Å². The smallest absolute Gasteiger partial charge is 0.550 e. The molecule has 0 aromatic carbocycles. The third-order valence-electron chi connectivity index (χ3n) is 4.99. The molecule has 172 valence electrons. The molecule has 0 saturated carbocycles. The van der Waals surface area contributed by atoms with Gasteiger partial charge < -0.3 is 19.4 Å². The van der Waals surface area contributed by atoms with Gasteiger partial charge in [0, 0.05) is 18.1 Å². The first-order valence-electron chi connectivity index (χ1n) is 11.3. The number of rotatable bonds is 20. The molecule has 0 fully saturated rings. The van der Waals surface area contributed by atoms with Gasteiger partial charge >= 0.3 is 41.5 Å². The maximum absolute atomic E-state index is 11.8. The van der Waals surface area contributed by atoms with Gasteiger partial charge in [-0.05, 0) is 38.5 Å². The second kappa shape index (κ2) is 22.1. The molecule has 0 radical (unpaired) electrons. The molecule has 7 heteroatoms. The van der Waals surface area contributed by atoms with Gasteiger partial charge in [-0.2, -0.15) is 0 Å². The number of carbonyl (C=O) groups is 3. The minimum absolute atomic E-state index is 0. The number of esters is 2. The SMILES string of the molecule is C=CC(=O)OC(CCCCCCCC)C(CCCCCCCC(=O)[O-])OC(=O)C=C.[Na+]. The van der Waals surface area contributed by atoms with Crippen molar-refractivity contribution >= 4 is 17.9 Å². The van der Waals surface area contributed by atoms with E-state index < -0.39 is 30.1 Å². The van der Waals surface area contributed by atoms with Crippen molar-refractivity contribution in [2.75, 3.05) is 0 Å². The summed E-state index contributed by atoms with van der Waals surface area (Å²) in [5.74, 6) is -2.07. The van der Waals surface area contributed by atoms with Crippen molar-refractivity contribution in [2.45, 2.75) is 109 Å². The normalized spacial score (nSPS) is 12.2. The van der Waals surface area contributed by atoms with E-state index in [0.717, 1.165) is 57.1 Å². The standard InChI is InChI=1S/C24H40O6.Na/c1-4-7-8-9-11-14-17-20(29-23(27)5-2)21(30-24(28)6-3)18-15-12-10-13-16-19-22(25)26;/h5-6,20-21H,2-4,7-19H2,1H3,(H,25,26);/q;+1/p-1. The van der Waals surface area contributed by atoms with Crippen LogP contribution in [0.1, 0.15) is 96.8 Å². The first-order valence-corrected chi connectivity index (χ1v) is 11.3. The Kier molecular flexibility index (Phi) is 22.9. The van der Waals surface area contributed by atoms with Crippen LogP contribution in [-0.2, 0) is 23.9 Å². The maximum atomic E-state index is 11.8. The molecule has 0 bridgehead atoms. The van der Waals surface area contributed by atoms with Gasteiger partial charge in [-0.1, -0.05) is 71.4 Å². The molecule has 0 saturated heterocycles. The number of hydrogen-bond acceptors (Lipinski definition) is 6. The molecule has 0 aromatic rings. The number of hydrogen-bond donors (Lipinski definition) is 0. The number of aliphatic carboxylic acids is 1. The van der Waals surface area contributed by atoms with E-state index in [1.807, 2.05) is 0 Å². The van der Waals surface area contributed by atoms with Gasteiger partial charge in [0.15, 0.2) is 0 Å². The molecule has 0 spiro atoms. The van der Waals surface area contributed by atoms with Crippen molar-refractivity contribution in [1.82, 2.24) is 0 Å². The predicted molar refractivity (Wildman–Crippen MR) is 115 cm³/mol. The van der Waals surface area contributed by atoms with E-state index in [9.17, 15) is 19.5 Å². The topological polar surface area (TPSA) is 92.7 Å². The zero-order chi connectivity index (χ0) is 22.6. The van der Waals surface area contributed by atoms with E-state index in [1.54, 1.807) is 0 Å². The minimum Gasteiger partial charge on any atom is -0.550 e. The Morgan fingerprint density at radius 1 is 0.742 bits per heavy atom. The molecule has 2 atom stereocenters. The third-order valence-corrected chi connectivity index (χ3v) is 4.99. The van der Waals surface area contributed by atoms with Crippen molar-refractivity contribution in [1.29, 1.82) is 0 Å². The zero-order valence-electron chi connectivity index (χ0n) is 19.6. The van der Waals surface area contributed by atoms with Crippen molar-refractivity contribution in [3.63, 3.8) is 0 Å². The zero-order valence-corrected chi connectivity index (χ0v) is 21.6. The van der Waals surface area contributed by atoms with Crippen molar-refractivity contribution in [3.8, 4) is 0 Å². The average Bonchev–Trinajstić information content (AvgIpc) is 2.73. The molecule has 6 nitrogen and oxygen atoms in total. The van der Waals surface area contributed by atoms with Crippen LogP contribution in [0.5, 0.6) is 0 Å². The summed E-state index contributed by atoms with van der Waals surface area (Å²) in [4.78, 5) is 34.1. The molecule has 0 aliphatic rings. The van der Waals surface area contributed by atoms with Crippen LogP contribution in [0.15, 0.2) is 25.3 Å². The number of unbranched alkanes of at least 4 members (excludes halogenated alkanes) is 9. The second-order valence-corrected chi connectivity index (χ2v) is 7.59. The van der Waals surface area contributed by atoms with Crippen LogP contribution in [-0.4, -0.2) is 30.1 Å². The predicted octanol–water partition coefficient (Wildman–Crippen LogP) is 1.42. The summed E-state index contributed by atoms with van der Waals surface area (Å²) in [5, 5.41) is 10.4. The van der Waals surface area contributed by atoms with E-state index >= 15 is 0 Å². The van der Waals surface area contributed by atoms with E-state index in [0.29, 0.717) is 19.3 Å². The van der Waals surface area contributed by atoms with Gasteiger partial charge in [-0.25, -0.2) is 9.59 Å². The quantitative estimate of drug-likeness (QED) is 0.122. The third kappa shape index (κ3) is 19.3. The maximum Gasteiger partial charge on any atom is 1.00 e. The van der Waals surface area contributed by atoms with E-state index in [2.05, 4.69) is 20.1 Å². The summed E-state index contributed by atoms with van der Waals surface area (Å²) in [7, 11) is 0.